The van der Waals surface area contributed by atoms with E-state index in [0.29, 0.717) is 12.6 Å². The van der Waals surface area contributed by atoms with Crippen molar-refractivity contribution in [2.24, 2.45) is 5.92 Å². The van der Waals surface area contributed by atoms with Gasteiger partial charge in [0.2, 0.25) is 0 Å². The van der Waals surface area contributed by atoms with Crippen LogP contribution in [0.5, 0.6) is 5.75 Å². The van der Waals surface area contributed by atoms with Crippen LogP contribution in [0.3, 0.4) is 0 Å². The molecule has 0 spiro atoms. The molecule has 4 heteroatoms. The van der Waals surface area contributed by atoms with E-state index in [1.807, 2.05) is 12.1 Å². The van der Waals surface area contributed by atoms with Gasteiger partial charge in [0.15, 0.2) is 0 Å². The molecule has 116 valence electrons. The Morgan fingerprint density at radius 2 is 1.81 bits per heavy atom. The van der Waals surface area contributed by atoms with Gasteiger partial charge in [0.25, 0.3) is 0 Å². The zero-order valence-electron chi connectivity index (χ0n) is 12.6. The summed E-state index contributed by atoms with van der Waals surface area (Å²) in [6, 6.07) is 8.62. The summed E-state index contributed by atoms with van der Waals surface area (Å²) in [4.78, 5) is 2.63. The molecule has 3 rings (SSSR count). The van der Waals surface area contributed by atoms with Crippen LogP contribution in [-0.4, -0.2) is 48.9 Å². The summed E-state index contributed by atoms with van der Waals surface area (Å²) in [6.07, 6.45) is 5.36. The summed E-state index contributed by atoms with van der Waals surface area (Å²) in [5.41, 5.74) is 1.16. The van der Waals surface area contributed by atoms with Gasteiger partial charge in [-0.15, -0.1) is 0 Å². The van der Waals surface area contributed by atoms with Crippen LogP contribution in [0.1, 0.15) is 25.7 Å². The Bertz CT molecular complexity index is 423. The Balaban J connectivity index is 1.41. The first-order valence-corrected chi connectivity index (χ1v) is 8.16. The fourth-order valence-corrected chi connectivity index (χ4v) is 2.97. The number of nitrogens with one attached hydrogen (secondary N) is 1. The average molecular weight is 290 g/mol. The number of hydrogen-bond acceptors (Lipinski definition) is 4. The van der Waals surface area contributed by atoms with E-state index in [-0.39, 0.29) is 6.61 Å². The van der Waals surface area contributed by atoms with Crippen LogP contribution < -0.4 is 10.1 Å². The summed E-state index contributed by atoms with van der Waals surface area (Å²) in [6.45, 7) is 4.19. The number of rotatable bonds is 7. The van der Waals surface area contributed by atoms with Gasteiger partial charge in [-0.2, -0.15) is 0 Å². The maximum absolute atomic E-state index is 8.74. The molecule has 1 saturated carbocycles. The third-order valence-electron chi connectivity index (χ3n) is 4.39. The molecule has 1 aromatic carbocycles. The monoisotopic (exact) mass is 290 g/mol. The molecular formula is C17H26N2O2. The minimum atomic E-state index is 0.0550. The highest BCUT2D eigenvalue weighted by Gasteiger charge is 2.26. The molecule has 0 amide bonds. The molecule has 1 heterocycles. The lowest BCUT2D eigenvalue weighted by Gasteiger charge is -2.32. The van der Waals surface area contributed by atoms with Crippen molar-refractivity contribution in [2.75, 3.05) is 38.2 Å². The number of anilines is 1. The smallest absolute Gasteiger partial charge is 0.119 e. The van der Waals surface area contributed by atoms with Crippen molar-refractivity contribution < 1.29 is 9.84 Å². The second kappa shape index (κ2) is 7.14. The lowest BCUT2D eigenvalue weighted by Crippen LogP contribution is -2.39. The first kappa shape index (κ1) is 14.7. The second-order valence-electron chi connectivity index (χ2n) is 6.26. The van der Waals surface area contributed by atoms with Crippen LogP contribution in [0.4, 0.5) is 5.69 Å². The Hall–Kier alpha value is -1.26. The first-order chi connectivity index (χ1) is 10.3. The van der Waals surface area contributed by atoms with Crippen molar-refractivity contribution in [1.29, 1.82) is 0 Å². The highest BCUT2D eigenvalue weighted by atomic mass is 16.5. The maximum Gasteiger partial charge on any atom is 0.119 e. The van der Waals surface area contributed by atoms with E-state index in [9.17, 15) is 0 Å². The predicted molar refractivity (Wildman–Crippen MR) is 84.8 cm³/mol. The van der Waals surface area contributed by atoms with Crippen LogP contribution in [0.25, 0.3) is 0 Å². The van der Waals surface area contributed by atoms with E-state index in [2.05, 4.69) is 22.3 Å². The molecule has 0 bridgehead atoms. The quantitative estimate of drug-likeness (QED) is 0.809. The summed E-state index contributed by atoms with van der Waals surface area (Å²) in [7, 11) is 0. The lowest BCUT2D eigenvalue weighted by molar-refractivity contribution is 0.201. The molecule has 2 aliphatic rings. The van der Waals surface area contributed by atoms with Crippen molar-refractivity contribution in [3.8, 4) is 5.75 Å². The van der Waals surface area contributed by atoms with Gasteiger partial charge < -0.3 is 20.1 Å². The number of ether oxygens (including phenoxy) is 1. The Morgan fingerprint density at radius 3 is 2.43 bits per heavy atom. The molecule has 0 atom stereocenters. The van der Waals surface area contributed by atoms with Crippen LogP contribution in [0.15, 0.2) is 24.3 Å². The summed E-state index contributed by atoms with van der Waals surface area (Å²) in [5.74, 6) is 1.81. The third kappa shape index (κ3) is 4.61. The zero-order chi connectivity index (χ0) is 14.5. The predicted octanol–water partition coefficient (Wildman–Crippen LogP) is 2.34. The molecule has 1 aliphatic heterocycles. The highest BCUT2D eigenvalue weighted by Crippen LogP contribution is 2.30. The lowest BCUT2D eigenvalue weighted by atomic mass is 10.0. The summed E-state index contributed by atoms with van der Waals surface area (Å²) >= 11 is 0. The normalized spacial score (nSPS) is 20.4. The molecule has 0 aromatic heterocycles. The summed E-state index contributed by atoms with van der Waals surface area (Å²) in [5, 5.41) is 12.4. The largest absolute Gasteiger partial charge is 0.491 e. The fraction of sp³-hybridized carbons (Fsp3) is 0.647. The molecule has 0 unspecified atom stereocenters. The minimum Gasteiger partial charge on any atom is -0.491 e. The number of benzene rings is 1. The van der Waals surface area contributed by atoms with Gasteiger partial charge in [0.05, 0.1) is 6.61 Å². The fourth-order valence-electron chi connectivity index (χ4n) is 2.97. The molecule has 0 radical (unpaired) electrons. The molecule has 1 saturated heterocycles. The number of aliphatic hydroxyl groups excluding tert-OH is 1. The molecule has 21 heavy (non-hydrogen) atoms. The second-order valence-corrected chi connectivity index (χ2v) is 6.26. The Morgan fingerprint density at radius 1 is 1.10 bits per heavy atom. The van der Waals surface area contributed by atoms with Gasteiger partial charge in [0, 0.05) is 31.4 Å². The van der Waals surface area contributed by atoms with E-state index in [1.54, 1.807) is 0 Å². The topological polar surface area (TPSA) is 44.7 Å². The number of aliphatic hydroxyl groups is 1. The van der Waals surface area contributed by atoms with E-state index < -0.39 is 0 Å². The minimum absolute atomic E-state index is 0.0550. The van der Waals surface area contributed by atoms with E-state index in [0.717, 1.165) is 17.4 Å². The van der Waals surface area contributed by atoms with E-state index in [1.165, 1.54) is 45.3 Å². The van der Waals surface area contributed by atoms with Gasteiger partial charge in [-0.25, -0.2) is 0 Å². The van der Waals surface area contributed by atoms with Crippen LogP contribution >= 0.6 is 0 Å². The standard InChI is InChI=1S/C17H26N2O2/c20-11-12-21-17-5-3-15(4-6-17)18-16-7-9-19(10-8-16)13-14-1-2-14/h3-6,14,16,18,20H,1-2,7-13H2. The van der Waals surface area contributed by atoms with Crippen LogP contribution in [0.2, 0.25) is 0 Å². The van der Waals surface area contributed by atoms with Crippen molar-refractivity contribution in [2.45, 2.75) is 31.7 Å². The zero-order valence-corrected chi connectivity index (χ0v) is 12.6. The number of nitrogens with zero attached hydrogens (tertiary/aromatic N) is 1. The molecule has 2 N–H and O–H groups in total. The third-order valence-corrected chi connectivity index (χ3v) is 4.39. The number of piperidine rings is 1. The van der Waals surface area contributed by atoms with Crippen molar-refractivity contribution in [3.63, 3.8) is 0 Å². The first-order valence-electron chi connectivity index (χ1n) is 8.16. The Labute approximate surface area is 127 Å². The maximum atomic E-state index is 8.74. The molecule has 1 aromatic rings. The van der Waals surface area contributed by atoms with Crippen molar-refractivity contribution >= 4 is 5.69 Å². The SMILES string of the molecule is OCCOc1ccc(NC2CCN(CC3CC3)CC2)cc1. The Kier molecular flexibility index (Phi) is 4.99. The molecule has 2 fully saturated rings. The molecule has 4 nitrogen and oxygen atoms in total. The molecular weight excluding hydrogens is 264 g/mol. The van der Waals surface area contributed by atoms with Crippen LogP contribution in [0, 0.1) is 5.92 Å². The van der Waals surface area contributed by atoms with Gasteiger partial charge >= 0.3 is 0 Å². The highest BCUT2D eigenvalue weighted by molar-refractivity contribution is 5.47. The van der Waals surface area contributed by atoms with Crippen molar-refractivity contribution in [1.82, 2.24) is 4.90 Å². The van der Waals surface area contributed by atoms with Crippen molar-refractivity contribution in [3.05, 3.63) is 24.3 Å². The van der Waals surface area contributed by atoms with E-state index in [4.69, 9.17) is 9.84 Å². The van der Waals surface area contributed by atoms with Gasteiger partial charge in [0.1, 0.15) is 12.4 Å². The number of hydrogen-bond donors (Lipinski definition) is 2. The van der Waals surface area contributed by atoms with Crippen LogP contribution in [-0.2, 0) is 0 Å². The average Bonchev–Trinajstić information content (AvgIpc) is 3.33. The molecule has 1 aliphatic carbocycles. The van der Waals surface area contributed by atoms with E-state index >= 15 is 0 Å². The number of likely N-dealkylation sites (tertiary alicyclic amines) is 1. The summed E-state index contributed by atoms with van der Waals surface area (Å²) < 4.78 is 5.37. The van der Waals surface area contributed by atoms with Gasteiger partial charge in [-0.05, 0) is 55.9 Å². The van der Waals surface area contributed by atoms with Gasteiger partial charge in [-0.3, -0.25) is 0 Å². The van der Waals surface area contributed by atoms with Gasteiger partial charge in [-0.1, -0.05) is 0 Å².